The molecule has 1 saturated heterocycles. The Balaban J connectivity index is 1.58. The summed E-state index contributed by atoms with van der Waals surface area (Å²) >= 11 is 0. The summed E-state index contributed by atoms with van der Waals surface area (Å²) in [6, 6.07) is 1.19. The summed E-state index contributed by atoms with van der Waals surface area (Å²) in [6.45, 7) is 10.4. The highest BCUT2D eigenvalue weighted by Gasteiger charge is 2.46. The number of rotatable bonds is 19. The predicted octanol–water partition coefficient (Wildman–Crippen LogP) is 5.66. The number of aromatic carboxylic acids is 1. The molecule has 2 aromatic carbocycles. The quantitative estimate of drug-likeness (QED) is 0.0587. The van der Waals surface area contributed by atoms with E-state index in [-0.39, 0.29) is 19.4 Å². The van der Waals surface area contributed by atoms with Crippen LogP contribution in [0.1, 0.15) is 142 Å². The normalized spacial score (nSPS) is 18.3. The summed E-state index contributed by atoms with van der Waals surface area (Å²) in [4.78, 5) is 108. The second-order valence-corrected chi connectivity index (χ2v) is 17.5. The van der Waals surface area contributed by atoms with Gasteiger partial charge in [-0.3, -0.25) is 33.6 Å². The lowest BCUT2D eigenvalue weighted by Crippen LogP contribution is -2.55. The molecule has 1 saturated carbocycles. The van der Waals surface area contributed by atoms with E-state index in [1.165, 1.54) is 0 Å². The Morgan fingerprint density at radius 1 is 0.857 bits per heavy atom. The molecule has 4 rings (SSSR count). The van der Waals surface area contributed by atoms with Gasteiger partial charge in [0.1, 0.15) is 17.6 Å². The van der Waals surface area contributed by atoms with Crippen LogP contribution in [-0.4, -0.2) is 87.3 Å². The number of benzene rings is 2. The molecule has 0 bridgehead atoms. The summed E-state index contributed by atoms with van der Waals surface area (Å²) in [5.41, 5.74) is 3.45. The Bertz CT molecular complexity index is 2110. The summed E-state index contributed by atoms with van der Waals surface area (Å²) in [6.07, 6.45) is 0.751. The van der Waals surface area contributed by atoms with Crippen LogP contribution in [0.25, 0.3) is 0 Å². The molecular weight excluding hydrogens is 833 g/mol. The number of hydrogen-bond donors (Lipinski definition) is 4. The molecule has 5 N–H and O–H groups in total. The topological polar surface area (TPSA) is 219 Å². The van der Waals surface area contributed by atoms with Crippen molar-refractivity contribution in [1.82, 2.24) is 15.5 Å². The second kappa shape index (κ2) is 21.2. The molecule has 2 fully saturated rings. The zero-order chi connectivity index (χ0) is 47.1. The molecule has 4 amide bonds. The number of nitrogens with two attached hydrogens (primary N) is 1. The van der Waals surface area contributed by atoms with E-state index in [1.54, 1.807) is 53.7 Å². The molecule has 2 aromatic rings. The van der Waals surface area contributed by atoms with Crippen molar-refractivity contribution in [2.24, 2.45) is 17.6 Å². The Morgan fingerprint density at radius 3 is 1.98 bits per heavy atom. The monoisotopic (exact) mass is 888 g/mol. The average Bonchev–Trinajstić information content (AvgIpc) is 3.62. The summed E-state index contributed by atoms with van der Waals surface area (Å²) in [7, 11) is 0. The number of carboxylic acids is 1. The molecule has 63 heavy (non-hydrogen) atoms. The number of carboxylic acid groups (broad SMARTS) is 1. The van der Waals surface area contributed by atoms with Crippen LogP contribution in [0.2, 0.25) is 0 Å². The van der Waals surface area contributed by atoms with Crippen LogP contribution < -0.4 is 16.4 Å². The SMILES string of the molecule is CCCC(CC(=O)[C@@H]1C[C@@H](OC(C)(C)C)CN1C(=O)[C@@H](NC(=O)c1c(F)c(F)c(F)c(F)c1C(=O)O)C1CCCCC1)C(=O)C(=O)CCC(=O)NC(C(N)=O)c1cc(C)cc(C)c1. The number of ketones is 3. The van der Waals surface area contributed by atoms with E-state index in [0.717, 1.165) is 22.4 Å². The lowest BCUT2D eigenvalue weighted by molar-refractivity contribution is -0.143. The van der Waals surface area contributed by atoms with Crippen LogP contribution in [0.15, 0.2) is 18.2 Å². The number of nitrogens with one attached hydrogen (secondary N) is 2. The van der Waals surface area contributed by atoms with Gasteiger partial charge < -0.3 is 31.1 Å². The van der Waals surface area contributed by atoms with Crippen LogP contribution in [0, 0.1) is 49.0 Å². The van der Waals surface area contributed by atoms with Crippen molar-refractivity contribution in [3.63, 3.8) is 0 Å². The van der Waals surface area contributed by atoms with Gasteiger partial charge in [-0.25, -0.2) is 22.4 Å². The number of hydrogen-bond acceptors (Lipinski definition) is 9. The standard InChI is InChI=1S/C45H56F4N4O10/c1-7-11-25(40(57)29(54)14-15-31(56)51-38(41(50)58)26-17-22(2)16-23(3)18-26)19-30(55)28-20-27(63-45(4,5)6)21-53(28)43(60)39(24-12-9-8-10-13-24)52-42(59)32-33(44(61)62)35(47)37(49)36(48)34(32)46/h16-18,24-25,27-28,38-39H,7-15,19-21H2,1-6H3,(H2,50,58)(H,51,56)(H,52,59)(H,61,62)/t25?,27-,28+,38?,39+/m1/s1. The van der Waals surface area contributed by atoms with Crippen LogP contribution in [-0.2, 0) is 33.5 Å². The zero-order valence-corrected chi connectivity index (χ0v) is 36.3. The smallest absolute Gasteiger partial charge is 0.339 e. The minimum absolute atomic E-state index is 0.0675. The number of aryl methyl sites for hydroxylation is 2. The minimum atomic E-state index is -2.45. The van der Waals surface area contributed by atoms with E-state index in [1.807, 2.05) is 6.07 Å². The number of nitrogens with zero attached hydrogens (tertiary/aromatic N) is 1. The Labute approximate surface area is 363 Å². The second-order valence-electron chi connectivity index (χ2n) is 17.5. The first kappa shape index (κ1) is 50.1. The first-order chi connectivity index (χ1) is 29.4. The largest absolute Gasteiger partial charge is 0.478 e. The van der Waals surface area contributed by atoms with E-state index >= 15 is 4.39 Å². The van der Waals surface area contributed by atoms with Crippen molar-refractivity contribution in [1.29, 1.82) is 0 Å². The molecule has 0 aromatic heterocycles. The number of halogens is 4. The van der Waals surface area contributed by atoms with E-state index < -0.39 is 142 Å². The van der Waals surface area contributed by atoms with Crippen molar-refractivity contribution >= 4 is 46.9 Å². The Kier molecular flexibility index (Phi) is 16.9. The molecule has 1 heterocycles. The van der Waals surface area contributed by atoms with Crippen LogP contribution in [0.3, 0.4) is 0 Å². The third-order valence-electron chi connectivity index (χ3n) is 11.3. The maximum atomic E-state index is 15.1. The van der Waals surface area contributed by atoms with Crippen LogP contribution >= 0.6 is 0 Å². The summed E-state index contributed by atoms with van der Waals surface area (Å²) in [5, 5.41) is 14.4. The first-order valence-corrected chi connectivity index (χ1v) is 21.1. The molecule has 14 nitrogen and oxygen atoms in total. The number of primary amides is 1. The fourth-order valence-corrected chi connectivity index (χ4v) is 8.58. The van der Waals surface area contributed by atoms with Gasteiger partial charge >= 0.3 is 5.97 Å². The molecule has 5 atom stereocenters. The lowest BCUT2D eigenvalue weighted by atomic mass is 9.82. The Morgan fingerprint density at radius 2 is 1.44 bits per heavy atom. The van der Waals surface area contributed by atoms with Crippen molar-refractivity contribution < 1.29 is 65.8 Å². The molecule has 0 radical (unpaired) electrons. The van der Waals surface area contributed by atoms with E-state index in [4.69, 9.17) is 10.5 Å². The molecule has 1 aliphatic heterocycles. The number of likely N-dealkylation sites (tertiary alicyclic amines) is 1. The Hall–Kier alpha value is -5.52. The van der Waals surface area contributed by atoms with Gasteiger partial charge in [-0.15, -0.1) is 0 Å². The fraction of sp³-hybridized carbons (Fsp3) is 0.556. The van der Waals surface area contributed by atoms with Gasteiger partial charge in [0.15, 0.2) is 34.8 Å². The molecule has 344 valence electrons. The number of carbonyl (C=O) groups excluding carboxylic acids is 7. The number of carbonyl (C=O) groups is 8. The fourth-order valence-electron chi connectivity index (χ4n) is 8.58. The minimum Gasteiger partial charge on any atom is -0.478 e. The van der Waals surface area contributed by atoms with E-state index in [2.05, 4.69) is 10.6 Å². The zero-order valence-electron chi connectivity index (χ0n) is 36.3. The van der Waals surface area contributed by atoms with Crippen molar-refractivity contribution in [2.75, 3.05) is 6.54 Å². The highest BCUT2D eigenvalue weighted by Crippen LogP contribution is 2.33. The maximum Gasteiger partial charge on any atom is 0.339 e. The average molecular weight is 889 g/mol. The number of Topliss-reactive ketones (excluding diaryl/α,β-unsaturated/α-hetero) is 3. The van der Waals surface area contributed by atoms with Crippen molar-refractivity contribution in [3.8, 4) is 0 Å². The van der Waals surface area contributed by atoms with Gasteiger partial charge in [0, 0.05) is 38.1 Å². The maximum absolute atomic E-state index is 15.1. The van der Waals surface area contributed by atoms with E-state index in [0.29, 0.717) is 37.7 Å². The molecule has 0 spiro atoms. The third kappa shape index (κ3) is 12.6. The predicted molar refractivity (Wildman–Crippen MR) is 219 cm³/mol. The molecule has 1 aliphatic carbocycles. The van der Waals surface area contributed by atoms with E-state index in [9.17, 15) is 56.6 Å². The molecule has 2 aliphatic rings. The van der Waals surface area contributed by atoms with Gasteiger partial charge in [-0.1, -0.05) is 61.9 Å². The van der Waals surface area contributed by atoms with Gasteiger partial charge in [-0.05, 0) is 65.4 Å². The molecule has 18 heteroatoms. The summed E-state index contributed by atoms with van der Waals surface area (Å²) < 4.78 is 64.4. The van der Waals surface area contributed by atoms with Crippen LogP contribution in [0.4, 0.5) is 17.6 Å². The third-order valence-corrected chi connectivity index (χ3v) is 11.3. The lowest BCUT2D eigenvalue weighted by Gasteiger charge is -2.35. The highest BCUT2D eigenvalue weighted by molar-refractivity contribution is 6.38. The van der Waals surface area contributed by atoms with Crippen molar-refractivity contribution in [2.45, 2.75) is 142 Å². The molecule has 2 unspecified atom stereocenters. The molecular formula is C45H56F4N4O10. The number of amides is 4. The summed E-state index contributed by atoms with van der Waals surface area (Å²) in [5.74, 6) is -20.2. The van der Waals surface area contributed by atoms with Gasteiger partial charge in [-0.2, -0.15) is 0 Å². The van der Waals surface area contributed by atoms with Crippen molar-refractivity contribution in [3.05, 3.63) is 69.3 Å². The first-order valence-electron chi connectivity index (χ1n) is 21.1. The van der Waals surface area contributed by atoms with Crippen LogP contribution in [0.5, 0.6) is 0 Å². The van der Waals surface area contributed by atoms with Gasteiger partial charge in [0.2, 0.25) is 23.5 Å². The van der Waals surface area contributed by atoms with Gasteiger partial charge in [0.05, 0.1) is 23.3 Å². The highest BCUT2D eigenvalue weighted by atomic mass is 19.2. The number of ether oxygens (including phenoxy) is 1. The van der Waals surface area contributed by atoms with Gasteiger partial charge in [0.25, 0.3) is 5.91 Å².